The lowest BCUT2D eigenvalue weighted by atomic mass is 10.1. The third-order valence-corrected chi connectivity index (χ3v) is 3.65. The summed E-state index contributed by atoms with van der Waals surface area (Å²) in [5.41, 5.74) is 7.64. The van der Waals surface area contributed by atoms with Gasteiger partial charge in [0.25, 0.3) is 0 Å². The minimum atomic E-state index is 0.364. The predicted octanol–water partition coefficient (Wildman–Crippen LogP) is 3.23. The lowest BCUT2D eigenvalue weighted by Gasteiger charge is -2.32. The first kappa shape index (κ1) is 16.2. The van der Waals surface area contributed by atoms with Crippen LogP contribution in [-0.4, -0.2) is 31.3 Å². The molecule has 1 unspecified atom stereocenters. The van der Waals surface area contributed by atoms with Crippen molar-refractivity contribution in [2.75, 3.05) is 25.2 Å². The second kappa shape index (κ2) is 7.68. The summed E-state index contributed by atoms with van der Waals surface area (Å²) in [6.45, 7) is 5.78. The van der Waals surface area contributed by atoms with Gasteiger partial charge >= 0.3 is 0 Å². The van der Waals surface area contributed by atoms with E-state index in [1.165, 1.54) is 0 Å². The molecule has 19 heavy (non-hydrogen) atoms. The minimum absolute atomic E-state index is 0.364. The molecule has 0 saturated heterocycles. The van der Waals surface area contributed by atoms with E-state index in [1.807, 2.05) is 18.2 Å². The van der Waals surface area contributed by atoms with Gasteiger partial charge in [0.1, 0.15) is 4.99 Å². The molecule has 0 heterocycles. The molecule has 0 bridgehead atoms. The number of ether oxygens (including phenoxy) is 1. The lowest BCUT2D eigenvalue weighted by Crippen LogP contribution is -2.36. The molecule has 0 spiro atoms. The van der Waals surface area contributed by atoms with E-state index < -0.39 is 0 Å². The first-order valence-corrected chi connectivity index (χ1v) is 7.14. The Labute approximate surface area is 125 Å². The van der Waals surface area contributed by atoms with Gasteiger partial charge in [-0.25, -0.2) is 0 Å². The molecule has 1 aromatic rings. The maximum absolute atomic E-state index is 6.02. The Hall–Kier alpha value is -0.840. The highest BCUT2D eigenvalue weighted by Gasteiger charge is 2.17. The molecular weight excluding hydrogens is 280 g/mol. The highest BCUT2D eigenvalue weighted by Crippen LogP contribution is 2.26. The molecule has 2 N–H and O–H groups in total. The number of methoxy groups -OCH3 is 1. The van der Waals surface area contributed by atoms with Gasteiger partial charge in [0.15, 0.2) is 0 Å². The number of benzene rings is 1. The van der Waals surface area contributed by atoms with Gasteiger partial charge in [0.05, 0.1) is 6.61 Å². The van der Waals surface area contributed by atoms with Crippen molar-refractivity contribution in [3.8, 4) is 0 Å². The largest absolute Gasteiger partial charge is 0.389 e. The number of nitrogens with zero attached hydrogens (tertiary/aromatic N) is 1. The monoisotopic (exact) mass is 300 g/mol. The quantitative estimate of drug-likeness (QED) is 0.785. The van der Waals surface area contributed by atoms with E-state index in [-0.39, 0.29) is 0 Å². The molecule has 3 nitrogen and oxygen atoms in total. The van der Waals surface area contributed by atoms with E-state index in [9.17, 15) is 0 Å². The second-order valence-corrected chi connectivity index (χ2v) is 5.35. The summed E-state index contributed by atoms with van der Waals surface area (Å²) in [7, 11) is 1.70. The summed E-state index contributed by atoms with van der Waals surface area (Å²) in [5.74, 6) is 0. The van der Waals surface area contributed by atoms with E-state index in [4.69, 9.17) is 34.3 Å². The number of anilines is 1. The molecular formula is C14H21ClN2OS. The normalized spacial score (nSPS) is 12.2. The van der Waals surface area contributed by atoms with Gasteiger partial charge < -0.3 is 15.4 Å². The summed E-state index contributed by atoms with van der Waals surface area (Å²) >= 11 is 11.1. The number of nitrogens with two attached hydrogens (primary N) is 1. The SMILES string of the molecule is CCC(C)N(CCOC)c1ccc(Cl)cc1C(N)=S. The molecule has 0 aromatic heterocycles. The van der Waals surface area contributed by atoms with Crippen LogP contribution < -0.4 is 10.6 Å². The van der Waals surface area contributed by atoms with Crippen LogP contribution >= 0.6 is 23.8 Å². The number of thiocarbonyl (C=S) groups is 1. The maximum Gasteiger partial charge on any atom is 0.106 e. The first-order chi connectivity index (χ1) is 9.01. The second-order valence-electron chi connectivity index (χ2n) is 4.47. The molecule has 0 fully saturated rings. The summed E-state index contributed by atoms with van der Waals surface area (Å²) in [4.78, 5) is 2.62. The Morgan fingerprint density at radius 3 is 2.74 bits per heavy atom. The third kappa shape index (κ3) is 4.34. The van der Waals surface area contributed by atoms with Gasteiger partial charge in [0.2, 0.25) is 0 Å². The van der Waals surface area contributed by atoms with Crippen LogP contribution in [0.25, 0.3) is 0 Å². The van der Waals surface area contributed by atoms with Crippen molar-refractivity contribution in [1.82, 2.24) is 0 Å². The molecule has 0 aliphatic carbocycles. The number of hydrogen-bond acceptors (Lipinski definition) is 3. The molecule has 0 aliphatic rings. The smallest absolute Gasteiger partial charge is 0.106 e. The number of rotatable bonds is 7. The molecule has 1 aromatic carbocycles. The Bertz CT molecular complexity index is 439. The van der Waals surface area contributed by atoms with Crippen molar-refractivity contribution < 1.29 is 4.74 Å². The Morgan fingerprint density at radius 1 is 1.53 bits per heavy atom. The first-order valence-electron chi connectivity index (χ1n) is 6.36. The Balaban J connectivity index is 3.17. The minimum Gasteiger partial charge on any atom is -0.389 e. The molecule has 106 valence electrons. The van der Waals surface area contributed by atoms with Crippen molar-refractivity contribution >= 4 is 34.5 Å². The van der Waals surface area contributed by atoms with Crippen molar-refractivity contribution in [2.45, 2.75) is 26.3 Å². The number of hydrogen-bond donors (Lipinski definition) is 1. The maximum atomic E-state index is 6.02. The topological polar surface area (TPSA) is 38.5 Å². The number of halogens is 1. The van der Waals surface area contributed by atoms with Gasteiger partial charge in [0, 0.05) is 36.0 Å². The van der Waals surface area contributed by atoms with Gasteiger partial charge in [-0.05, 0) is 31.5 Å². The van der Waals surface area contributed by atoms with E-state index in [2.05, 4.69) is 18.7 Å². The van der Waals surface area contributed by atoms with Crippen LogP contribution in [0.15, 0.2) is 18.2 Å². The summed E-state index contributed by atoms with van der Waals surface area (Å²) in [5, 5.41) is 0.641. The van der Waals surface area contributed by atoms with Crippen LogP contribution in [0.3, 0.4) is 0 Å². The van der Waals surface area contributed by atoms with Crippen molar-refractivity contribution in [3.05, 3.63) is 28.8 Å². The van der Waals surface area contributed by atoms with Crippen LogP contribution in [-0.2, 0) is 4.74 Å². The summed E-state index contributed by atoms with van der Waals surface area (Å²) in [6, 6.07) is 6.03. The zero-order valence-electron chi connectivity index (χ0n) is 11.6. The van der Waals surface area contributed by atoms with Crippen LogP contribution in [0.5, 0.6) is 0 Å². The molecule has 0 aliphatic heterocycles. The van der Waals surface area contributed by atoms with Crippen LogP contribution in [0.1, 0.15) is 25.8 Å². The van der Waals surface area contributed by atoms with Gasteiger partial charge in [-0.3, -0.25) is 0 Å². The molecule has 0 radical (unpaired) electrons. The molecule has 5 heteroatoms. The fraction of sp³-hybridized carbons (Fsp3) is 0.500. The highest BCUT2D eigenvalue weighted by atomic mass is 35.5. The molecule has 1 atom stereocenters. The zero-order valence-corrected chi connectivity index (χ0v) is 13.2. The summed E-state index contributed by atoms with van der Waals surface area (Å²) in [6.07, 6.45) is 1.03. The lowest BCUT2D eigenvalue weighted by molar-refractivity contribution is 0.203. The predicted molar refractivity (Wildman–Crippen MR) is 86.3 cm³/mol. The average molecular weight is 301 g/mol. The van der Waals surface area contributed by atoms with Gasteiger partial charge in [-0.15, -0.1) is 0 Å². The fourth-order valence-electron chi connectivity index (χ4n) is 1.94. The zero-order chi connectivity index (χ0) is 14.4. The third-order valence-electron chi connectivity index (χ3n) is 3.19. The molecule has 0 amide bonds. The van der Waals surface area contributed by atoms with Gasteiger partial charge in [-0.2, -0.15) is 0 Å². The van der Waals surface area contributed by atoms with E-state index >= 15 is 0 Å². The van der Waals surface area contributed by atoms with Crippen molar-refractivity contribution in [3.63, 3.8) is 0 Å². The highest BCUT2D eigenvalue weighted by molar-refractivity contribution is 7.80. The van der Waals surface area contributed by atoms with E-state index in [0.717, 1.165) is 24.2 Å². The van der Waals surface area contributed by atoms with Crippen LogP contribution in [0, 0.1) is 0 Å². The average Bonchev–Trinajstić information content (AvgIpc) is 2.39. The van der Waals surface area contributed by atoms with Crippen LogP contribution in [0.4, 0.5) is 5.69 Å². The Kier molecular flexibility index (Phi) is 6.55. The van der Waals surface area contributed by atoms with E-state index in [1.54, 1.807) is 7.11 Å². The van der Waals surface area contributed by atoms with Crippen molar-refractivity contribution in [2.24, 2.45) is 5.73 Å². The fourth-order valence-corrected chi connectivity index (χ4v) is 2.28. The van der Waals surface area contributed by atoms with Crippen LogP contribution in [0.2, 0.25) is 5.02 Å². The summed E-state index contributed by atoms with van der Waals surface area (Å²) < 4.78 is 5.18. The molecule has 1 rings (SSSR count). The Morgan fingerprint density at radius 2 is 2.21 bits per heavy atom. The molecule has 0 saturated carbocycles. The van der Waals surface area contributed by atoms with Gasteiger partial charge in [-0.1, -0.05) is 30.7 Å². The van der Waals surface area contributed by atoms with E-state index in [0.29, 0.717) is 22.7 Å². The standard InChI is InChI=1S/C14H21ClN2OS/c1-4-10(2)17(7-8-18-3)13-6-5-11(15)9-12(13)14(16)19/h5-6,9-10H,4,7-8H2,1-3H3,(H2,16,19). The van der Waals surface area contributed by atoms with Crippen molar-refractivity contribution in [1.29, 1.82) is 0 Å².